The van der Waals surface area contributed by atoms with Gasteiger partial charge in [-0.3, -0.25) is 0 Å². The van der Waals surface area contributed by atoms with E-state index in [1.807, 2.05) is 0 Å². The predicted molar refractivity (Wildman–Crippen MR) is 181 cm³/mol. The third kappa shape index (κ3) is 4.08. The molecule has 0 heterocycles. The average molecular weight is 533 g/mol. The Balaban J connectivity index is 1.44. The van der Waals surface area contributed by atoms with Crippen molar-refractivity contribution in [3.8, 4) is 44.5 Å². The van der Waals surface area contributed by atoms with Crippen LogP contribution in [0.5, 0.6) is 0 Å². The van der Waals surface area contributed by atoms with E-state index >= 15 is 0 Å². The highest BCUT2D eigenvalue weighted by Crippen LogP contribution is 2.45. The lowest BCUT2D eigenvalue weighted by atomic mass is 9.84. The lowest BCUT2D eigenvalue weighted by Crippen LogP contribution is -1.92. The quantitative estimate of drug-likeness (QED) is 0.198. The highest BCUT2D eigenvalue weighted by molar-refractivity contribution is 6.22. The van der Waals surface area contributed by atoms with Gasteiger partial charge in [-0.15, -0.1) is 0 Å². The predicted octanol–water partition coefficient (Wildman–Crippen LogP) is 11.8. The molecule has 0 spiro atoms. The van der Waals surface area contributed by atoms with E-state index in [9.17, 15) is 0 Å². The van der Waals surface area contributed by atoms with Crippen molar-refractivity contribution >= 4 is 32.3 Å². The van der Waals surface area contributed by atoms with Crippen LogP contribution in [0.4, 0.5) is 0 Å². The molecule has 0 amide bonds. The molecule has 0 aliphatic heterocycles. The van der Waals surface area contributed by atoms with Crippen LogP contribution in [0.2, 0.25) is 0 Å². The van der Waals surface area contributed by atoms with Crippen LogP contribution in [0.3, 0.4) is 0 Å². The molecule has 0 nitrogen and oxygen atoms in total. The van der Waals surface area contributed by atoms with E-state index in [-0.39, 0.29) is 0 Å². The normalized spacial score (nSPS) is 11.3. The molecule has 0 aromatic heterocycles. The molecule has 8 rings (SSSR count). The zero-order chi connectivity index (χ0) is 27.9. The van der Waals surface area contributed by atoms with Crippen molar-refractivity contribution in [3.05, 3.63) is 170 Å². The molecule has 0 atom stereocenters. The molecule has 0 aliphatic rings. The first-order valence-corrected chi connectivity index (χ1v) is 14.5. The standard InChI is InChI=1S/C42H28/c1-3-14-30(15-4-1)35-26-25-34(28-40(35)31-16-5-2-6-17-31)42-38-21-11-9-19-36(38)41(37-20-10-12-22-39(37)42)33-24-23-29-13-7-8-18-32(29)27-33/h1-28H. The summed E-state index contributed by atoms with van der Waals surface area (Å²) in [4.78, 5) is 0. The molecule has 0 heteroatoms. The van der Waals surface area contributed by atoms with Gasteiger partial charge in [0.1, 0.15) is 0 Å². The molecule has 0 aliphatic carbocycles. The number of rotatable bonds is 4. The zero-order valence-electron chi connectivity index (χ0n) is 23.2. The van der Waals surface area contributed by atoms with E-state index in [1.54, 1.807) is 0 Å². The van der Waals surface area contributed by atoms with Crippen LogP contribution >= 0.6 is 0 Å². The summed E-state index contributed by atoms with van der Waals surface area (Å²) in [5.41, 5.74) is 9.98. The molecular weight excluding hydrogens is 504 g/mol. The summed E-state index contributed by atoms with van der Waals surface area (Å²) in [5, 5.41) is 7.61. The molecule has 0 unspecified atom stereocenters. The van der Waals surface area contributed by atoms with E-state index in [0.717, 1.165) is 0 Å². The Hall–Kier alpha value is -5.46. The summed E-state index contributed by atoms with van der Waals surface area (Å²) in [6, 6.07) is 61.7. The van der Waals surface area contributed by atoms with Crippen LogP contribution in [-0.4, -0.2) is 0 Å². The molecule has 8 aromatic rings. The zero-order valence-corrected chi connectivity index (χ0v) is 23.2. The molecule has 0 fully saturated rings. The molecule has 0 bridgehead atoms. The smallest absolute Gasteiger partial charge is 0.00261 e. The van der Waals surface area contributed by atoms with Gasteiger partial charge in [0.25, 0.3) is 0 Å². The summed E-state index contributed by atoms with van der Waals surface area (Å²) in [6.07, 6.45) is 0. The van der Waals surface area contributed by atoms with Gasteiger partial charge >= 0.3 is 0 Å². The minimum atomic E-state index is 1.22. The highest BCUT2D eigenvalue weighted by Gasteiger charge is 2.18. The fourth-order valence-corrected chi connectivity index (χ4v) is 6.52. The third-order valence-corrected chi connectivity index (χ3v) is 8.45. The van der Waals surface area contributed by atoms with Crippen LogP contribution in [-0.2, 0) is 0 Å². The van der Waals surface area contributed by atoms with Crippen molar-refractivity contribution in [3.63, 3.8) is 0 Å². The van der Waals surface area contributed by atoms with E-state index in [2.05, 4.69) is 170 Å². The van der Waals surface area contributed by atoms with Crippen molar-refractivity contribution in [2.75, 3.05) is 0 Å². The molecule has 0 saturated carbocycles. The van der Waals surface area contributed by atoms with Gasteiger partial charge in [0, 0.05) is 0 Å². The summed E-state index contributed by atoms with van der Waals surface area (Å²) in [7, 11) is 0. The van der Waals surface area contributed by atoms with Gasteiger partial charge in [-0.1, -0.05) is 158 Å². The lowest BCUT2D eigenvalue weighted by molar-refractivity contribution is 1.58. The Morgan fingerprint density at radius 2 is 0.667 bits per heavy atom. The first kappa shape index (κ1) is 24.3. The van der Waals surface area contributed by atoms with Crippen molar-refractivity contribution in [1.29, 1.82) is 0 Å². The Kier molecular flexibility index (Phi) is 5.90. The van der Waals surface area contributed by atoms with Gasteiger partial charge in [-0.2, -0.15) is 0 Å². The minimum Gasteiger partial charge on any atom is -0.0622 e. The molecule has 0 saturated heterocycles. The van der Waals surface area contributed by atoms with Gasteiger partial charge in [-0.05, 0) is 89.0 Å². The third-order valence-electron chi connectivity index (χ3n) is 8.45. The molecule has 8 aromatic carbocycles. The van der Waals surface area contributed by atoms with Crippen molar-refractivity contribution in [1.82, 2.24) is 0 Å². The first-order valence-electron chi connectivity index (χ1n) is 14.5. The van der Waals surface area contributed by atoms with Gasteiger partial charge in [0.2, 0.25) is 0 Å². The number of benzene rings is 8. The van der Waals surface area contributed by atoms with E-state index in [0.29, 0.717) is 0 Å². The maximum Gasteiger partial charge on any atom is -0.00261 e. The molecule has 0 N–H and O–H groups in total. The van der Waals surface area contributed by atoms with Crippen molar-refractivity contribution in [2.45, 2.75) is 0 Å². The Bertz CT molecular complexity index is 2170. The number of hydrogen-bond donors (Lipinski definition) is 0. The summed E-state index contributed by atoms with van der Waals surface area (Å²) in [6.45, 7) is 0. The SMILES string of the molecule is c1ccc(-c2ccc(-c3c4ccccc4c(-c4ccc5ccccc5c4)c4ccccc34)cc2-c2ccccc2)cc1. The average Bonchev–Trinajstić information content (AvgIpc) is 3.07. The van der Waals surface area contributed by atoms with Crippen LogP contribution in [0.25, 0.3) is 76.8 Å². The minimum absolute atomic E-state index is 1.22. The topological polar surface area (TPSA) is 0 Å². The maximum absolute atomic E-state index is 2.39. The highest BCUT2D eigenvalue weighted by atomic mass is 14.2. The maximum atomic E-state index is 2.39. The van der Waals surface area contributed by atoms with Crippen molar-refractivity contribution < 1.29 is 0 Å². The van der Waals surface area contributed by atoms with Gasteiger partial charge in [0.15, 0.2) is 0 Å². The van der Waals surface area contributed by atoms with Gasteiger partial charge < -0.3 is 0 Å². The second kappa shape index (κ2) is 10.2. The Morgan fingerprint density at radius 3 is 1.24 bits per heavy atom. The largest absolute Gasteiger partial charge is 0.0622 e. The number of hydrogen-bond acceptors (Lipinski definition) is 0. The fraction of sp³-hybridized carbons (Fsp3) is 0. The van der Waals surface area contributed by atoms with Crippen LogP contribution < -0.4 is 0 Å². The van der Waals surface area contributed by atoms with Crippen LogP contribution in [0.1, 0.15) is 0 Å². The monoisotopic (exact) mass is 532 g/mol. The summed E-state index contributed by atoms with van der Waals surface area (Å²) in [5.74, 6) is 0. The second-order valence-electron chi connectivity index (χ2n) is 10.9. The van der Waals surface area contributed by atoms with Crippen LogP contribution in [0.15, 0.2) is 170 Å². The van der Waals surface area contributed by atoms with E-state index < -0.39 is 0 Å². The molecule has 0 radical (unpaired) electrons. The summed E-state index contributed by atoms with van der Waals surface area (Å²) < 4.78 is 0. The van der Waals surface area contributed by atoms with E-state index in [1.165, 1.54) is 76.8 Å². The molecule has 196 valence electrons. The molecular formula is C42H28. The Morgan fingerprint density at radius 1 is 0.238 bits per heavy atom. The lowest BCUT2D eigenvalue weighted by Gasteiger charge is -2.19. The summed E-state index contributed by atoms with van der Waals surface area (Å²) >= 11 is 0. The van der Waals surface area contributed by atoms with Crippen LogP contribution in [0, 0.1) is 0 Å². The second-order valence-corrected chi connectivity index (χ2v) is 10.9. The Labute approximate surface area is 246 Å². The van der Waals surface area contributed by atoms with Crippen molar-refractivity contribution in [2.24, 2.45) is 0 Å². The van der Waals surface area contributed by atoms with Gasteiger partial charge in [0.05, 0.1) is 0 Å². The van der Waals surface area contributed by atoms with Gasteiger partial charge in [-0.25, -0.2) is 0 Å². The van der Waals surface area contributed by atoms with E-state index in [4.69, 9.17) is 0 Å². The number of fused-ring (bicyclic) bond motifs is 3. The molecule has 42 heavy (non-hydrogen) atoms. The fourth-order valence-electron chi connectivity index (χ4n) is 6.52. The first-order chi connectivity index (χ1) is 20.8.